The monoisotopic (exact) mass is 292 g/mol. The summed E-state index contributed by atoms with van der Waals surface area (Å²) in [6, 6.07) is 12.0. The molecule has 0 bridgehead atoms. The summed E-state index contributed by atoms with van der Waals surface area (Å²) in [7, 11) is 1.57. The number of amidine groups is 1. The minimum absolute atomic E-state index is 0.0783. The van der Waals surface area contributed by atoms with E-state index in [4.69, 9.17) is 32.0 Å². The van der Waals surface area contributed by atoms with Gasteiger partial charge in [-0.25, -0.2) is 0 Å². The fraction of sp³-hybridized carbons (Fsp3) is 0.0714. The van der Waals surface area contributed by atoms with Crippen LogP contribution in [0.15, 0.2) is 47.6 Å². The van der Waals surface area contributed by atoms with Crippen molar-refractivity contribution in [2.24, 2.45) is 10.9 Å². The van der Waals surface area contributed by atoms with Gasteiger partial charge in [-0.1, -0.05) is 22.8 Å². The second kappa shape index (κ2) is 6.16. The van der Waals surface area contributed by atoms with Crippen LogP contribution in [0.5, 0.6) is 17.2 Å². The summed E-state index contributed by atoms with van der Waals surface area (Å²) in [6.45, 7) is 0. The van der Waals surface area contributed by atoms with Crippen molar-refractivity contribution in [3.05, 3.63) is 53.1 Å². The molecule has 0 aromatic heterocycles. The topological polar surface area (TPSA) is 77.1 Å². The van der Waals surface area contributed by atoms with Crippen LogP contribution in [-0.2, 0) is 0 Å². The maximum atomic E-state index is 8.80. The molecule has 2 rings (SSSR count). The third kappa shape index (κ3) is 3.13. The van der Waals surface area contributed by atoms with Crippen LogP contribution in [0.25, 0.3) is 0 Å². The molecular weight excluding hydrogens is 280 g/mol. The molecule has 5 nitrogen and oxygen atoms in total. The largest absolute Gasteiger partial charge is 0.497 e. The Labute approximate surface area is 121 Å². The number of rotatable bonds is 4. The Hall–Kier alpha value is -2.40. The van der Waals surface area contributed by atoms with Crippen molar-refractivity contribution in [3.8, 4) is 17.2 Å². The molecule has 20 heavy (non-hydrogen) atoms. The van der Waals surface area contributed by atoms with E-state index in [-0.39, 0.29) is 5.84 Å². The van der Waals surface area contributed by atoms with Gasteiger partial charge in [-0.2, -0.15) is 0 Å². The average Bonchev–Trinajstić information content (AvgIpc) is 2.48. The van der Waals surface area contributed by atoms with Crippen molar-refractivity contribution >= 4 is 17.4 Å². The van der Waals surface area contributed by atoms with E-state index in [0.717, 1.165) is 0 Å². The third-order valence-electron chi connectivity index (χ3n) is 2.59. The predicted molar refractivity (Wildman–Crippen MR) is 77.0 cm³/mol. The van der Waals surface area contributed by atoms with Crippen LogP contribution in [-0.4, -0.2) is 18.2 Å². The van der Waals surface area contributed by atoms with Crippen LogP contribution >= 0.6 is 11.6 Å². The number of benzene rings is 2. The van der Waals surface area contributed by atoms with Crippen LogP contribution in [0.2, 0.25) is 5.02 Å². The van der Waals surface area contributed by atoms with E-state index in [0.29, 0.717) is 27.8 Å². The van der Waals surface area contributed by atoms with Crippen molar-refractivity contribution in [2.75, 3.05) is 7.11 Å². The molecule has 0 saturated carbocycles. The van der Waals surface area contributed by atoms with Crippen LogP contribution in [0.4, 0.5) is 0 Å². The van der Waals surface area contributed by atoms with Crippen molar-refractivity contribution < 1.29 is 14.7 Å². The quantitative estimate of drug-likeness (QED) is 0.392. The van der Waals surface area contributed by atoms with E-state index < -0.39 is 0 Å². The first-order valence-electron chi connectivity index (χ1n) is 5.73. The van der Waals surface area contributed by atoms with E-state index in [1.54, 1.807) is 49.6 Å². The Bertz CT molecular complexity index is 644. The zero-order valence-corrected chi connectivity index (χ0v) is 11.5. The molecule has 3 N–H and O–H groups in total. The first-order chi connectivity index (χ1) is 9.63. The molecule has 0 unspecified atom stereocenters. The van der Waals surface area contributed by atoms with E-state index in [2.05, 4.69) is 5.16 Å². The number of ether oxygens (including phenoxy) is 2. The minimum Gasteiger partial charge on any atom is -0.497 e. The van der Waals surface area contributed by atoms with Gasteiger partial charge < -0.3 is 20.4 Å². The number of nitrogens with zero attached hydrogens (tertiary/aromatic N) is 1. The highest BCUT2D eigenvalue weighted by molar-refractivity contribution is 6.31. The van der Waals surface area contributed by atoms with Crippen LogP contribution in [0.1, 0.15) is 5.56 Å². The lowest BCUT2D eigenvalue weighted by Gasteiger charge is -2.11. The second-order valence-electron chi connectivity index (χ2n) is 3.91. The van der Waals surface area contributed by atoms with Crippen LogP contribution in [0, 0.1) is 0 Å². The maximum Gasteiger partial charge on any atom is 0.173 e. The first kappa shape index (κ1) is 14.0. The van der Waals surface area contributed by atoms with E-state index in [1.807, 2.05) is 0 Å². The summed E-state index contributed by atoms with van der Waals surface area (Å²) in [6.07, 6.45) is 0. The number of oxime groups is 1. The molecule has 0 saturated heterocycles. The van der Waals surface area contributed by atoms with Crippen molar-refractivity contribution in [3.63, 3.8) is 0 Å². The number of hydrogen-bond acceptors (Lipinski definition) is 4. The van der Waals surface area contributed by atoms with Gasteiger partial charge in [0, 0.05) is 11.1 Å². The third-order valence-corrected chi connectivity index (χ3v) is 2.83. The second-order valence-corrected chi connectivity index (χ2v) is 4.34. The highest BCUT2D eigenvalue weighted by atomic mass is 35.5. The molecule has 6 heteroatoms. The van der Waals surface area contributed by atoms with Gasteiger partial charge in [0.1, 0.15) is 17.2 Å². The summed E-state index contributed by atoms with van der Waals surface area (Å²) in [5.41, 5.74) is 6.02. The lowest BCUT2D eigenvalue weighted by Crippen LogP contribution is -2.14. The fourth-order valence-corrected chi connectivity index (χ4v) is 1.81. The highest BCUT2D eigenvalue weighted by Gasteiger charge is 2.10. The van der Waals surface area contributed by atoms with Crippen molar-refractivity contribution in [2.45, 2.75) is 0 Å². The number of hydrogen-bond donors (Lipinski definition) is 2. The summed E-state index contributed by atoms with van der Waals surface area (Å²) in [5.74, 6) is 1.59. The molecule has 2 aromatic rings. The van der Waals surface area contributed by atoms with Gasteiger partial charge in [0.05, 0.1) is 12.7 Å². The van der Waals surface area contributed by atoms with Crippen molar-refractivity contribution in [1.82, 2.24) is 0 Å². The standard InChI is InChI=1S/C14H13ClN2O3/c1-19-10-3-2-4-11(8-10)20-13-6-5-9(15)7-12(13)14(16)17-18/h2-8,18H,1H3,(H2,16,17). The summed E-state index contributed by atoms with van der Waals surface area (Å²) in [4.78, 5) is 0. The number of halogens is 1. The lowest BCUT2D eigenvalue weighted by molar-refractivity contribution is 0.318. The smallest absolute Gasteiger partial charge is 0.173 e. The Balaban J connectivity index is 2.37. The van der Waals surface area contributed by atoms with E-state index in [9.17, 15) is 0 Å². The van der Waals surface area contributed by atoms with Gasteiger partial charge >= 0.3 is 0 Å². The zero-order chi connectivity index (χ0) is 14.5. The molecule has 0 fully saturated rings. The molecule has 0 radical (unpaired) electrons. The molecule has 0 atom stereocenters. The molecule has 0 amide bonds. The summed E-state index contributed by atoms with van der Waals surface area (Å²) in [5, 5.41) is 12.2. The van der Waals surface area contributed by atoms with Gasteiger partial charge in [-0.05, 0) is 30.3 Å². The van der Waals surface area contributed by atoms with Gasteiger partial charge in [-0.3, -0.25) is 0 Å². The van der Waals surface area contributed by atoms with Gasteiger partial charge in [0.25, 0.3) is 0 Å². The fourth-order valence-electron chi connectivity index (χ4n) is 1.64. The normalized spacial score (nSPS) is 11.2. The van der Waals surface area contributed by atoms with E-state index in [1.165, 1.54) is 0 Å². The average molecular weight is 293 g/mol. The van der Waals surface area contributed by atoms with Crippen molar-refractivity contribution in [1.29, 1.82) is 0 Å². The Morgan fingerprint density at radius 1 is 1.20 bits per heavy atom. The number of nitrogens with two attached hydrogens (primary N) is 1. The number of methoxy groups -OCH3 is 1. The Morgan fingerprint density at radius 3 is 2.65 bits per heavy atom. The molecule has 2 aromatic carbocycles. The van der Waals surface area contributed by atoms with Crippen LogP contribution < -0.4 is 15.2 Å². The predicted octanol–water partition coefficient (Wildman–Crippen LogP) is 3.24. The highest BCUT2D eigenvalue weighted by Crippen LogP contribution is 2.29. The van der Waals surface area contributed by atoms with E-state index >= 15 is 0 Å². The lowest BCUT2D eigenvalue weighted by atomic mass is 10.2. The van der Waals surface area contributed by atoms with Gasteiger partial charge in [0.15, 0.2) is 5.84 Å². The SMILES string of the molecule is COc1cccc(Oc2ccc(Cl)cc2C(N)=NO)c1. The molecule has 0 spiro atoms. The molecular formula is C14H13ClN2O3. The summed E-state index contributed by atoms with van der Waals surface area (Å²) < 4.78 is 10.8. The molecule has 0 aliphatic heterocycles. The summed E-state index contributed by atoms with van der Waals surface area (Å²) >= 11 is 5.90. The van der Waals surface area contributed by atoms with Gasteiger partial charge in [0.2, 0.25) is 0 Å². The van der Waals surface area contributed by atoms with Gasteiger partial charge in [-0.15, -0.1) is 0 Å². The molecule has 104 valence electrons. The minimum atomic E-state index is -0.0783. The Kier molecular flexibility index (Phi) is 4.32. The Morgan fingerprint density at radius 2 is 1.95 bits per heavy atom. The molecule has 0 aliphatic carbocycles. The maximum absolute atomic E-state index is 8.80. The zero-order valence-electron chi connectivity index (χ0n) is 10.7. The van der Waals surface area contributed by atoms with Crippen LogP contribution in [0.3, 0.4) is 0 Å². The molecule has 0 aliphatic rings. The first-order valence-corrected chi connectivity index (χ1v) is 6.11. The molecule has 0 heterocycles.